The van der Waals surface area contributed by atoms with E-state index in [1.807, 2.05) is 91.0 Å². The number of hydrogen-bond acceptors (Lipinski definition) is 6. The number of methoxy groups -OCH3 is 1. The number of benzene rings is 5. The number of fused-ring (bicyclic) bond motifs is 2. The fourth-order valence-electron chi connectivity index (χ4n) is 6.19. The zero-order valence-electron chi connectivity index (χ0n) is 22.8. The van der Waals surface area contributed by atoms with E-state index in [0.29, 0.717) is 50.6 Å². The van der Waals surface area contributed by atoms with Gasteiger partial charge in [0.25, 0.3) is 0 Å². The van der Waals surface area contributed by atoms with Gasteiger partial charge in [-0.05, 0) is 52.6 Å². The van der Waals surface area contributed by atoms with Gasteiger partial charge in [0.05, 0.1) is 18.7 Å². The molecule has 0 radical (unpaired) electrons. The first-order chi connectivity index (χ1) is 20.5. The van der Waals surface area contributed by atoms with Gasteiger partial charge in [-0.3, -0.25) is 0 Å². The van der Waals surface area contributed by atoms with Crippen LogP contribution in [0.4, 0.5) is 0 Å². The second kappa shape index (κ2) is 9.78. The zero-order chi connectivity index (χ0) is 28.9. The van der Waals surface area contributed by atoms with Crippen molar-refractivity contribution in [3.8, 4) is 23.3 Å². The molecule has 0 saturated heterocycles. The van der Waals surface area contributed by atoms with Crippen molar-refractivity contribution >= 4 is 0 Å². The predicted molar refractivity (Wildman–Crippen MR) is 156 cm³/mol. The van der Waals surface area contributed by atoms with Gasteiger partial charge in [0.15, 0.2) is 23.4 Å². The van der Waals surface area contributed by atoms with Gasteiger partial charge in [0.1, 0.15) is 17.2 Å². The van der Waals surface area contributed by atoms with Gasteiger partial charge < -0.3 is 24.4 Å². The lowest BCUT2D eigenvalue weighted by molar-refractivity contribution is -0.0118. The molecule has 42 heavy (non-hydrogen) atoms. The Morgan fingerprint density at radius 3 is 1.52 bits per heavy atom. The van der Waals surface area contributed by atoms with Crippen LogP contribution in [0.25, 0.3) is 0 Å². The van der Waals surface area contributed by atoms with E-state index in [-0.39, 0.29) is 0 Å². The lowest BCUT2D eigenvalue weighted by Gasteiger charge is -2.32. The lowest BCUT2D eigenvalue weighted by Crippen LogP contribution is -2.34. The average Bonchev–Trinajstić information content (AvgIpc) is 3.52. The van der Waals surface area contributed by atoms with E-state index < -0.39 is 23.4 Å². The molecule has 0 amide bonds. The summed E-state index contributed by atoms with van der Waals surface area (Å²) >= 11 is 0. The number of aliphatic hydroxyl groups is 2. The normalized spacial score (nSPS) is 23.7. The molecule has 6 nitrogen and oxygen atoms in total. The predicted octanol–water partition coefficient (Wildman–Crippen LogP) is 6.31. The molecule has 4 unspecified atom stereocenters. The summed E-state index contributed by atoms with van der Waals surface area (Å²) in [6, 6.07) is 39.0. The maximum atomic E-state index is 12.7. The molecule has 5 aromatic rings. The van der Waals surface area contributed by atoms with Crippen molar-refractivity contribution in [1.29, 1.82) is 5.26 Å². The molecule has 0 aromatic heterocycles. The Morgan fingerprint density at radius 2 is 1.10 bits per heavy atom. The first-order valence-electron chi connectivity index (χ1n) is 13.7. The van der Waals surface area contributed by atoms with Crippen molar-refractivity contribution in [2.24, 2.45) is 0 Å². The van der Waals surface area contributed by atoms with E-state index in [2.05, 4.69) is 6.07 Å². The van der Waals surface area contributed by atoms with E-state index in [1.165, 1.54) is 0 Å². The molecule has 2 aliphatic rings. The fraction of sp³-hybridized carbons (Fsp3) is 0.139. The Labute approximate surface area is 243 Å². The summed E-state index contributed by atoms with van der Waals surface area (Å²) in [5.74, 6) is 1.63. The summed E-state index contributed by atoms with van der Waals surface area (Å²) in [7, 11) is 1.61. The highest BCUT2D eigenvalue weighted by Gasteiger charge is 2.55. The summed E-state index contributed by atoms with van der Waals surface area (Å²) in [6.07, 6.45) is -1.56. The largest absolute Gasteiger partial charge is 0.497 e. The second-order valence-electron chi connectivity index (χ2n) is 10.6. The van der Waals surface area contributed by atoms with Gasteiger partial charge in [-0.15, -0.1) is 0 Å². The van der Waals surface area contributed by atoms with Gasteiger partial charge in [-0.1, -0.05) is 84.9 Å². The van der Waals surface area contributed by atoms with Gasteiger partial charge in [0.2, 0.25) is 0 Å². The third kappa shape index (κ3) is 3.79. The summed E-state index contributed by atoms with van der Waals surface area (Å²) < 4.78 is 18.4. The van der Waals surface area contributed by atoms with Crippen LogP contribution in [0.15, 0.2) is 121 Å². The Balaban J connectivity index is 1.42. The van der Waals surface area contributed by atoms with Crippen LogP contribution in [0, 0.1) is 11.3 Å². The Hall–Kier alpha value is -5.09. The minimum Gasteiger partial charge on any atom is -0.497 e. The maximum Gasteiger partial charge on any atom is 0.161 e. The Morgan fingerprint density at radius 1 is 0.643 bits per heavy atom. The summed E-state index contributed by atoms with van der Waals surface area (Å²) in [5.41, 5.74) is 1.21. The van der Waals surface area contributed by atoms with Gasteiger partial charge in [0, 0.05) is 17.2 Å². The summed E-state index contributed by atoms with van der Waals surface area (Å²) in [6.45, 7) is 0. The quantitative estimate of drug-likeness (QED) is 0.265. The number of nitrogens with zero attached hydrogens (tertiary/aromatic N) is 1. The van der Waals surface area contributed by atoms with Crippen LogP contribution in [0.5, 0.6) is 17.2 Å². The number of hydrogen-bond donors (Lipinski definition) is 2. The average molecular weight is 554 g/mol. The Bertz CT molecular complexity index is 1800. The molecule has 2 heterocycles. The van der Waals surface area contributed by atoms with Crippen LogP contribution in [0.1, 0.15) is 51.2 Å². The standard InChI is InChI=1S/C36H27NO5/c1-40-28-18-16-25(17-19-28)34-36(39,27-10-6-3-7-11-27)30-20-29-31(21-32(30)42-34)41-33(24-14-12-23(22-37)13-15-24)35(29,38)26-8-4-2-5-9-26/h2-21,33-34,38-39H,1H3. The molecule has 206 valence electrons. The third-order valence-corrected chi connectivity index (χ3v) is 8.34. The molecule has 6 heteroatoms. The molecule has 0 saturated carbocycles. The molecule has 0 bridgehead atoms. The first kappa shape index (κ1) is 25.8. The molecule has 7 rings (SSSR count). The zero-order valence-corrected chi connectivity index (χ0v) is 22.8. The van der Waals surface area contributed by atoms with Crippen molar-refractivity contribution in [3.63, 3.8) is 0 Å². The molecular formula is C36H27NO5. The van der Waals surface area contributed by atoms with E-state index >= 15 is 0 Å². The van der Waals surface area contributed by atoms with Crippen molar-refractivity contribution in [1.82, 2.24) is 0 Å². The van der Waals surface area contributed by atoms with Crippen LogP contribution in [0.3, 0.4) is 0 Å². The van der Waals surface area contributed by atoms with E-state index in [0.717, 1.165) is 5.56 Å². The van der Waals surface area contributed by atoms with Gasteiger partial charge in [-0.25, -0.2) is 0 Å². The minimum absolute atomic E-state index is 0.459. The molecule has 0 spiro atoms. The molecule has 2 aliphatic heterocycles. The monoisotopic (exact) mass is 553 g/mol. The molecule has 0 fully saturated rings. The van der Waals surface area contributed by atoms with E-state index in [9.17, 15) is 15.5 Å². The molecule has 2 N–H and O–H groups in total. The van der Waals surface area contributed by atoms with Crippen LogP contribution in [-0.2, 0) is 11.2 Å². The third-order valence-electron chi connectivity index (χ3n) is 8.34. The lowest BCUT2D eigenvalue weighted by atomic mass is 9.76. The smallest absolute Gasteiger partial charge is 0.161 e. The second-order valence-corrected chi connectivity index (χ2v) is 10.6. The summed E-state index contributed by atoms with van der Waals surface area (Å²) in [4.78, 5) is 0. The van der Waals surface area contributed by atoms with Crippen molar-refractivity contribution in [2.75, 3.05) is 7.11 Å². The SMILES string of the molecule is COc1ccc(C2Oc3cc4c(cc3C2(O)c2ccccc2)C(O)(c2ccccc2)C(c2ccc(C#N)cc2)O4)cc1. The van der Waals surface area contributed by atoms with E-state index in [1.54, 1.807) is 37.4 Å². The topological polar surface area (TPSA) is 91.9 Å². The molecule has 0 aliphatic carbocycles. The molecule has 5 aromatic carbocycles. The minimum atomic E-state index is -1.59. The maximum absolute atomic E-state index is 12.7. The summed E-state index contributed by atoms with van der Waals surface area (Å²) in [5, 5.41) is 34.6. The van der Waals surface area contributed by atoms with Crippen LogP contribution in [0.2, 0.25) is 0 Å². The number of nitriles is 1. The fourth-order valence-corrected chi connectivity index (χ4v) is 6.19. The Kier molecular flexibility index (Phi) is 6.02. The highest BCUT2D eigenvalue weighted by atomic mass is 16.5. The highest BCUT2D eigenvalue weighted by molar-refractivity contribution is 5.62. The van der Waals surface area contributed by atoms with Gasteiger partial charge >= 0.3 is 0 Å². The molecular weight excluding hydrogens is 526 g/mol. The van der Waals surface area contributed by atoms with Crippen molar-refractivity contribution in [3.05, 3.63) is 160 Å². The highest BCUT2D eigenvalue weighted by Crippen LogP contribution is 2.59. The van der Waals surface area contributed by atoms with E-state index in [4.69, 9.17) is 14.2 Å². The first-order valence-corrected chi connectivity index (χ1v) is 13.7. The van der Waals surface area contributed by atoms with Crippen LogP contribution >= 0.6 is 0 Å². The van der Waals surface area contributed by atoms with Crippen molar-refractivity contribution in [2.45, 2.75) is 23.4 Å². The van der Waals surface area contributed by atoms with Gasteiger partial charge in [-0.2, -0.15) is 5.26 Å². The number of rotatable bonds is 5. The van der Waals surface area contributed by atoms with Crippen LogP contribution < -0.4 is 14.2 Å². The van der Waals surface area contributed by atoms with Crippen LogP contribution in [-0.4, -0.2) is 17.3 Å². The number of ether oxygens (including phenoxy) is 3. The van der Waals surface area contributed by atoms with Crippen molar-refractivity contribution < 1.29 is 24.4 Å². The molecule has 4 atom stereocenters.